The van der Waals surface area contributed by atoms with Crippen molar-refractivity contribution in [2.45, 2.75) is 11.4 Å². The number of amides is 1. The fourth-order valence-corrected chi connectivity index (χ4v) is 3.23. The van der Waals surface area contributed by atoms with Crippen molar-refractivity contribution in [2.75, 3.05) is 20.3 Å². The second-order valence-electron chi connectivity index (χ2n) is 5.39. The third kappa shape index (κ3) is 5.37. The number of carbonyl (C=O) groups is 1. The fourth-order valence-electron chi connectivity index (χ4n) is 2.27. The molecule has 134 valence electrons. The van der Waals surface area contributed by atoms with Gasteiger partial charge in [0.25, 0.3) is 5.91 Å². The average molecular weight is 427 g/mol. The van der Waals surface area contributed by atoms with Gasteiger partial charge in [0.2, 0.25) is 10.0 Å². The summed E-state index contributed by atoms with van der Waals surface area (Å²) < 4.78 is 28.7. The molecule has 2 N–H and O–H groups in total. The maximum atomic E-state index is 13.0. The largest absolute Gasteiger partial charge is 0.383 e. The van der Waals surface area contributed by atoms with E-state index in [-0.39, 0.29) is 16.4 Å². The van der Waals surface area contributed by atoms with E-state index in [2.05, 4.69) is 15.9 Å². The van der Waals surface area contributed by atoms with Gasteiger partial charge in [-0.05, 0) is 39.7 Å². The van der Waals surface area contributed by atoms with E-state index in [0.717, 1.165) is 5.56 Å². The van der Waals surface area contributed by atoms with Crippen molar-refractivity contribution in [3.8, 4) is 0 Å². The van der Waals surface area contributed by atoms with Crippen LogP contribution in [-0.4, -0.2) is 39.5 Å². The number of methoxy groups -OCH3 is 1. The molecule has 0 saturated heterocycles. The van der Waals surface area contributed by atoms with Crippen LogP contribution in [-0.2, 0) is 21.3 Å². The minimum Gasteiger partial charge on any atom is -0.383 e. The first-order chi connectivity index (χ1) is 11.8. The summed E-state index contributed by atoms with van der Waals surface area (Å²) in [5.74, 6) is -0.307. The zero-order valence-electron chi connectivity index (χ0n) is 13.7. The van der Waals surface area contributed by atoms with Crippen LogP contribution in [0.1, 0.15) is 15.9 Å². The number of nitrogens with zero attached hydrogens (tertiary/aromatic N) is 1. The van der Waals surface area contributed by atoms with Crippen molar-refractivity contribution in [1.82, 2.24) is 4.90 Å². The predicted molar refractivity (Wildman–Crippen MR) is 98.6 cm³/mol. The normalized spacial score (nSPS) is 11.3. The maximum Gasteiger partial charge on any atom is 0.255 e. The zero-order chi connectivity index (χ0) is 18.4. The molecule has 2 rings (SSSR count). The van der Waals surface area contributed by atoms with Gasteiger partial charge in [-0.25, -0.2) is 13.6 Å². The lowest BCUT2D eigenvalue weighted by Gasteiger charge is -2.23. The smallest absolute Gasteiger partial charge is 0.255 e. The van der Waals surface area contributed by atoms with Gasteiger partial charge in [0.1, 0.15) is 0 Å². The van der Waals surface area contributed by atoms with E-state index >= 15 is 0 Å². The molecule has 0 unspecified atom stereocenters. The fraction of sp³-hybridized carbons (Fsp3) is 0.235. The van der Waals surface area contributed by atoms with Gasteiger partial charge in [-0.3, -0.25) is 4.79 Å². The third-order valence-electron chi connectivity index (χ3n) is 3.57. The van der Waals surface area contributed by atoms with Crippen LogP contribution >= 0.6 is 15.9 Å². The Hall–Kier alpha value is -1.74. The van der Waals surface area contributed by atoms with Crippen LogP contribution in [0.25, 0.3) is 0 Å². The van der Waals surface area contributed by atoms with E-state index in [9.17, 15) is 13.2 Å². The molecule has 0 aliphatic carbocycles. The molecule has 0 spiro atoms. The number of hydrogen-bond acceptors (Lipinski definition) is 4. The van der Waals surface area contributed by atoms with Gasteiger partial charge in [-0.15, -0.1) is 0 Å². The molecule has 6 nitrogen and oxygen atoms in total. The Morgan fingerprint density at radius 2 is 1.88 bits per heavy atom. The summed E-state index contributed by atoms with van der Waals surface area (Å²) in [4.78, 5) is 14.5. The minimum absolute atomic E-state index is 0.106. The lowest BCUT2D eigenvalue weighted by molar-refractivity contribution is 0.0679. The van der Waals surface area contributed by atoms with Crippen LogP contribution in [0, 0.1) is 0 Å². The number of carbonyl (C=O) groups excluding carboxylic acids is 1. The molecular weight excluding hydrogens is 408 g/mol. The first kappa shape index (κ1) is 19.6. The van der Waals surface area contributed by atoms with Crippen molar-refractivity contribution in [3.05, 3.63) is 64.1 Å². The van der Waals surface area contributed by atoms with Gasteiger partial charge < -0.3 is 9.64 Å². The van der Waals surface area contributed by atoms with Crippen molar-refractivity contribution in [2.24, 2.45) is 5.14 Å². The molecule has 1 amide bonds. The molecule has 0 heterocycles. The summed E-state index contributed by atoms with van der Waals surface area (Å²) in [5, 5.41) is 5.17. The quantitative estimate of drug-likeness (QED) is 0.735. The molecule has 0 aromatic heterocycles. The van der Waals surface area contributed by atoms with E-state index < -0.39 is 10.0 Å². The Bertz CT molecular complexity index is 841. The summed E-state index contributed by atoms with van der Waals surface area (Å²) in [5.41, 5.74) is 1.20. The minimum atomic E-state index is -3.89. The summed E-state index contributed by atoms with van der Waals surface area (Å²) >= 11 is 3.31. The van der Waals surface area contributed by atoms with Crippen molar-refractivity contribution < 1.29 is 17.9 Å². The Labute approximate surface area is 155 Å². The summed E-state index contributed by atoms with van der Waals surface area (Å²) in [6, 6.07) is 13.7. The molecule has 0 bridgehead atoms. The molecule has 0 aliphatic rings. The van der Waals surface area contributed by atoms with Crippen LogP contribution in [0.2, 0.25) is 0 Å². The number of hydrogen-bond donors (Lipinski definition) is 1. The maximum absolute atomic E-state index is 13.0. The first-order valence-electron chi connectivity index (χ1n) is 7.47. The van der Waals surface area contributed by atoms with Gasteiger partial charge in [-0.1, -0.05) is 30.3 Å². The molecule has 0 fully saturated rings. The van der Waals surface area contributed by atoms with Crippen LogP contribution in [0.15, 0.2) is 57.9 Å². The molecular formula is C17H19BrN2O4S. The Kier molecular flexibility index (Phi) is 6.71. The van der Waals surface area contributed by atoms with Crippen molar-refractivity contribution in [1.29, 1.82) is 0 Å². The second-order valence-corrected chi connectivity index (χ2v) is 7.81. The Morgan fingerprint density at radius 1 is 1.20 bits per heavy atom. The molecule has 0 radical (unpaired) electrons. The Morgan fingerprint density at radius 3 is 2.48 bits per heavy atom. The number of ether oxygens (including phenoxy) is 1. The van der Waals surface area contributed by atoms with E-state index in [0.29, 0.717) is 24.2 Å². The number of halogens is 1. The standard InChI is InChI=1S/C17H19BrN2O4S/c1-24-10-9-20(12-13-5-3-2-4-6-13)17(21)15-11-14(25(19,22)23)7-8-16(15)18/h2-8,11H,9-10,12H2,1H3,(H2,19,22,23). The summed E-state index contributed by atoms with van der Waals surface area (Å²) in [6.45, 7) is 1.12. The lowest BCUT2D eigenvalue weighted by Crippen LogP contribution is -2.33. The van der Waals surface area contributed by atoms with E-state index in [1.54, 1.807) is 12.0 Å². The molecule has 0 atom stereocenters. The SMILES string of the molecule is COCCN(Cc1ccccc1)C(=O)c1cc(S(N)(=O)=O)ccc1Br. The zero-order valence-corrected chi connectivity index (χ0v) is 16.1. The second kappa shape index (κ2) is 8.57. The third-order valence-corrected chi connectivity index (χ3v) is 5.17. The van der Waals surface area contributed by atoms with Crippen molar-refractivity contribution in [3.63, 3.8) is 0 Å². The highest BCUT2D eigenvalue weighted by Crippen LogP contribution is 2.23. The topological polar surface area (TPSA) is 89.7 Å². The van der Waals surface area contributed by atoms with Crippen LogP contribution in [0.5, 0.6) is 0 Å². The van der Waals surface area contributed by atoms with E-state index in [1.165, 1.54) is 18.2 Å². The molecule has 2 aromatic rings. The van der Waals surface area contributed by atoms with Gasteiger partial charge in [0.15, 0.2) is 0 Å². The highest BCUT2D eigenvalue weighted by molar-refractivity contribution is 9.10. The van der Waals surface area contributed by atoms with E-state index in [4.69, 9.17) is 9.88 Å². The molecule has 2 aromatic carbocycles. The average Bonchev–Trinajstić information content (AvgIpc) is 2.58. The van der Waals surface area contributed by atoms with Crippen LogP contribution in [0.4, 0.5) is 0 Å². The van der Waals surface area contributed by atoms with Gasteiger partial charge in [-0.2, -0.15) is 0 Å². The number of benzene rings is 2. The highest BCUT2D eigenvalue weighted by atomic mass is 79.9. The number of sulfonamides is 1. The molecule has 25 heavy (non-hydrogen) atoms. The predicted octanol–water partition coefficient (Wildman–Crippen LogP) is 2.39. The van der Waals surface area contributed by atoms with Crippen molar-refractivity contribution >= 4 is 31.9 Å². The summed E-state index contributed by atoms with van der Waals surface area (Å²) in [7, 11) is -2.34. The number of rotatable bonds is 7. The highest BCUT2D eigenvalue weighted by Gasteiger charge is 2.21. The first-order valence-corrected chi connectivity index (χ1v) is 9.81. The van der Waals surface area contributed by atoms with Gasteiger partial charge >= 0.3 is 0 Å². The Balaban J connectivity index is 2.35. The van der Waals surface area contributed by atoms with Gasteiger partial charge in [0.05, 0.1) is 17.1 Å². The van der Waals surface area contributed by atoms with Gasteiger partial charge in [0, 0.05) is 24.7 Å². The van der Waals surface area contributed by atoms with Crippen LogP contribution < -0.4 is 5.14 Å². The number of nitrogens with two attached hydrogens (primary N) is 1. The molecule has 8 heteroatoms. The van der Waals surface area contributed by atoms with Crippen LogP contribution in [0.3, 0.4) is 0 Å². The molecule has 0 aliphatic heterocycles. The van der Waals surface area contributed by atoms with E-state index in [1.807, 2.05) is 30.3 Å². The summed E-state index contributed by atoms with van der Waals surface area (Å²) in [6.07, 6.45) is 0. The monoisotopic (exact) mass is 426 g/mol. The lowest BCUT2D eigenvalue weighted by atomic mass is 10.1. The molecule has 0 saturated carbocycles. The number of primary sulfonamides is 1.